The van der Waals surface area contributed by atoms with E-state index in [0.29, 0.717) is 24.9 Å². The van der Waals surface area contributed by atoms with Gasteiger partial charge in [0.2, 0.25) is 0 Å². The number of halogens is 1. The van der Waals surface area contributed by atoms with Crippen LogP contribution in [0.15, 0.2) is 30.5 Å². The number of nitrogens with two attached hydrogens (primary N) is 1. The van der Waals surface area contributed by atoms with Gasteiger partial charge in [0.25, 0.3) is 5.91 Å². The lowest BCUT2D eigenvalue weighted by Gasteiger charge is -2.30. The second kappa shape index (κ2) is 6.91. The lowest BCUT2D eigenvalue weighted by Crippen LogP contribution is -2.29. The van der Waals surface area contributed by atoms with E-state index < -0.39 is 17.9 Å². The Kier molecular flexibility index (Phi) is 4.67. The molecular weight excluding hydrogens is 325 g/mol. The quantitative estimate of drug-likeness (QED) is 0.786. The number of hydrogen-bond acceptors (Lipinski definition) is 5. The van der Waals surface area contributed by atoms with Gasteiger partial charge >= 0.3 is 0 Å². The Bertz CT molecular complexity index is 811. The molecule has 1 aliphatic carbocycles. The van der Waals surface area contributed by atoms with E-state index in [9.17, 15) is 19.6 Å². The summed E-state index contributed by atoms with van der Waals surface area (Å²) >= 11 is 0. The maximum absolute atomic E-state index is 13.0. The molecule has 1 amide bonds. The zero-order chi connectivity index (χ0) is 18.0. The number of primary amides is 1. The van der Waals surface area contributed by atoms with Crippen molar-refractivity contribution in [1.29, 1.82) is 5.26 Å². The van der Waals surface area contributed by atoms with Crippen LogP contribution in [0.25, 0.3) is 0 Å². The summed E-state index contributed by atoms with van der Waals surface area (Å²) in [7, 11) is 0. The zero-order valence-electron chi connectivity index (χ0n) is 13.4. The number of aliphatic hydroxyl groups excluding tert-OH is 1. The molecule has 1 unspecified atom stereocenters. The summed E-state index contributed by atoms with van der Waals surface area (Å²) in [4.78, 5) is 11.7. The maximum atomic E-state index is 13.0. The molecule has 0 radical (unpaired) electrons. The number of aliphatic hydroxyl groups is 1. The standard InChI is InChI=1S/C17H18FN5O2/c18-11-1-3-12(4-2-11)21-17-14(16(20)25)9-23(22-17)15-6-5-13(24)7-10(15)8-19/h1-4,9-10,13,15,24H,5-7H2,(H2,20,25)(H,21,22)/t10?,13-,15+/m1/s1. The van der Waals surface area contributed by atoms with Crippen molar-refractivity contribution >= 4 is 17.4 Å². The third-order valence-corrected chi connectivity index (χ3v) is 4.40. The number of benzene rings is 1. The van der Waals surface area contributed by atoms with Gasteiger partial charge in [-0.2, -0.15) is 10.4 Å². The van der Waals surface area contributed by atoms with Crippen molar-refractivity contribution in [3.8, 4) is 6.07 Å². The van der Waals surface area contributed by atoms with E-state index in [0.717, 1.165) is 0 Å². The minimum absolute atomic E-state index is 0.187. The van der Waals surface area contributed by atoms with Gasteiger partial charge in [-0.3, -0.25) is 9.48 Å². The first-order valence-corrected chi connectivity index (χ1v) is 7.97. The van der Waals surface area contributed by atoms with Gasteiger partial charge in [-0.25, -0.2) is 4.39 Å². The molecule has 1 fully saturated rings. The summed E-state index contributed by atoms with van der Waals surface area (Å²) in [6.07, 6.45) is 2.53. The molecule has 0 bridgehead atoms. The van der Waals surface area contributed by atoms with Crippen molar-refractivity contribution in [2.75, 3.05) is 5.32 Å². The predicted molar refractivity (Wildman–Crippen MR) is 88.4 cm³/mol. The monoisotopic (exact) mass is 343 g/mol. The summed E-state index contributed by atoms with van der Waals surface area (Å²) in [5.41, 5.74) is 6.17. The molecule has 1 aromatic heterocycles. The van der Waals surface area contributed by atoms with Gasteiger partial charge in [-0.1, -0.05) is 0 Å². The van der Waals surface area contributed by atoms with E-state index in [1.54, 1.807) is 4.68 Å². The molecule has 1 heterocycles. The molecule has 3 atom stereocenters. The molecule has 1 aliphatic rings. The molecule has 0 spiro atoms. The van der Waals surface area contributed by atoms with Crippen molar-refractivity contribution in [2.24, 2.45) is 11.7 Å². The number of carbonyl (C=O) groups excluding carboxylic acids is 1. The van der Waals surface area contributed by atoms with Crippen LogP contribution in [0.2, 0.25) is 0 Å². The van der Waals surface area contributed by atoms with Crippen LogP contribution in [-0.2, 0) is 0 Å². The van der Waals surface area contributed by atoms with Crippen molar-refractivity contribution in [1.82, 2.24) is 9.78 Å². The van der Waals surface area contributed by atoms with Crippen molar-refractivity contribution in [3.05, 3.63) is 41.8 Å². The summed E-state index contributed by atoms with van der Waals surface area (Å²) in [6, 6.07) is 7.58. The minimum Gasteiger partial charge on any atom is -0.393 e. The van der Waals surface area contributed by atoms with Gasteiger partial charge in [0, 0.05) is 11.9 Å². The molecule has 4 N–H and O–H groups in total. The minimum atomic E-state index is -0.653. The molecule has 2 aromatic rings. The van der Waals surface area contributed by atoms with Crippen molar-refractivity contribution < 1.29 is 14.3 Å². The van der Waals surface area contributed by atoms with Crippen LogP contribution in [-0.4, -0.2) is 26.9 Å². The van der Waals surface area contributed by atoms with E-state index in [4.69, 9.17) is 5.73 Å². The van der Waals surface area contributed by atoms with E-state index in [-0.39, 0.29) is 23.2 Å². The number of rotatable bonds is 4. The largest absolute Gasteiger partial charge is 0.393 e. The van der Waals surface area contributed by atoms with E-state index in [1.165, 1.54) is 30.5 Å². The fourth-order valence-electron chi connectivity index (χ4n) is 3.09. The fourth-order valence-corrected chi connectivity index (χ4v) is 3.09. The van der Waals surface area contributed by atoms with Crippen LogP contribution in [0.3, 0.4) is 0 Å². The van der Waals surface area contributed by atoms with Crippen LogP contribution < -0.4 is 11.1 Å². The molecule has 25 heavy (non-hydrogen) atoms. The summed E-state index contributed by atoms with van der Waals surface area (Å²) in [5, 5.41) is 26.4. The smallest absolute Gasteiger partial charge is 0.254 e. The average molecular weight is 343 g/mol. The predicted octanol–water partition coefficient (Wildman–Crippen LogP) is 2.09. The highest BCUT2D eigenvalue weighted by atomic mass is 19.1. The number of anilines is 2. The first kappa shape index (κ1) is 16.9. The van der Waals surface area contributed by atoms with Crippen LogP contribution in [0.4, 0.5) is 15.9 Å². The Hall–Kier alpha value is -2.92. The van der Waals surface area contributed by atoms with Crippen molar-refractivity contribution in [3.63, 3.8) is 0 Å². The summed E-state index contributed by atoms with van der Waals surface area (Å²) in [6.45, 7) is 0. The van der Waals surface area contributed by atoms with Crippen LogP contribution >= 0.6 is 0 Å². The lowest BCUT2D eigenvalue weighted by atomic mass is 9.84. The Morgan fingerprint density at radius 2 is 2.12 bits per heavy atom. The zero-order valence-corrected chi connectivity index (χ0v) is 13.4. The molecule has 1 aromatic carbocycles. The number of nitrogens with zero attached hydrogens (tertiary/aromatic N) is 3. The highest BCUT2D eigenvalue weighted by Crippen LogP contribution is 2.34. The van der Waals surface area contributed by atoms with Crippen LogP contribution in [0, 0.1) is 23.1 Å². The van der Waals surface area contributed by atoms with E-state index in [1.807, 2.05) is 0 Å². The molecule has 7 nitrogen and oxygen atoms in total. The van der Waals surface area contributed by atoms with Gasteiger partial charge in [0.05, 0.1) is 24.1 Å². The van der Waals surface area contributed by atoms with Crippen molar-refractivity contribution in [2.45, 2.75) is 31.4 Å². The van der Waals surface area contributed by atoms with Gasteiger partial charge < -0.3 is 16.2 Å². The highest BCUT2D eigenvalue weighted by Gasteiger charge is 2.32. The SMILES string of the molecule is N#CC1C[C@H](O)CC[C@@H]1n1cc(C(N)=O)c(Nc2ccc(F)cc2)n1. The fraction of sp³-hybridized carbons (Fsp3) is 0.353. The molecule has 1 saturated carbocycles. The molecule has 8 heteroatoms. The first-order valence-electron chi connectivity index (χ1n) is 7.97. The lowest BCUT2D eigenvalue weighted by molar-refractivity contribution is 0.0861. The Balaban J connectivity index is 1.90. The third kappa shape index (κ3) is 3.61. The Morgan fingerprint density at radius 1 is 1.40 bits per heavy atom. The second-order valence-electron chi connectivity index (χ2n) is 6.14. The molecular formula is C17H18FN5O2. The molecule has 0 saturated heterocycles. The first-order chi connectivity index (χ1) is 12.0. The number of nitriles is 1. The normalized spacial score (nSPS) is 23.0. The van der Waals surface area contributed by atoms with E-state index in [2.05, 4.69) is 16.5 Å². The highest BCUT2D eigenvalue weighted by molar-refractivity contribution is 5.98. The number of hydrogen-bond donors (Lipinski definition) is 3. The Labute approximate surface area is 143 Å². The third-order valence-electron chi connectivity index (χ3n) is 4.40. The molecule has 130 valence electrons. The van der Waals surface area contributed by atoms with Crippen LogP contribution in [0.5, 0.6) is 0 Å². The maximum Gasteiger partial charge on any atom is 0.254 e. The average Bonchev–Trinajstić information content (AvgIpc) is 3.00. The van der Waals surface area contributed by atoms with E-state index >= 15 is 0 Å². The van der Waals surface area contributed by atoms with Gasteiger partial charge in [-0.15, -0.1) is 0 Å². The number of amides is 1. The topological polar surface area (TPSA) is 117 Å². The van der Waals surface area contributed by atoms with Crippen LogP contribution in [0.1, 0.15) is 35.7 Å². The van der Waals surface area contributed by atoms with Gasteiger partial charge in [-0.05, 0) is 43.5 Å². The molecule has 0 aliphatic heterocycles. The summed E-state index contributed by atoms with van der Waals surface area (Å²) < 4.78 is 14.6. The Morgan fingerprint density at radius 3 is 2.76 bits per heavy atom. The summed E-state index contributed by atoms with van der Waals surface area (Å²) in [5.74, 6) is -1.17. The second-order valence-corrected chi connectivity index (χ2v) is 6.14. The molecule has 3 rings (SSSR count). The number of carbonyl (C=O) groups is 1. The number of aromatic nitrogens is 2. The van der Waals surface area contributed by atoms with Gasteiger partial charge in [0.15, 0.2) is 5.82 Å². The number of nitrogens with one attached hydrogen (secondary N) is 1. The van der Waals surface area contributed by atoms with Gasteiger partial charge in [0.1, 0.15) is 11.4 Å².